The Hall–Kier alpha value is -1.04. The lowest BCUT2D eigenvalue weighted by Gasteiger charge is -1.99. The first-order chi connectivity index (χ1) is 6.22. The third-order valence-electron chi connectivity index (χ3n) is 2.34. The molecule has 0 saturated heterocycles. The molecule has 0 heteroatoms. The molecule has 1 rings (SSSR count). The minimum atomic E-state index is 0.682. The van der Waals surface area contributed by atoms with Crippen LogP contribution in [0.5, 0.6) is 0 Å². The van der Waals surface area contributed by atoms with Gasteiger partial charge in [-0.05, 0) is 18.4 Å². The maximum absolute atomic E-state index is 2.27. The number of rotatable bonds is 3. The number of hydrogen-bond donors (Lipinski definition) is 0. The Morgan fingerprint density at radius 2 is 1.85 bits per heavy atom. The Morgan fingerprint density at radius 3 is 2.38 bits per heavy atom. The Bertz CT molecular complexity index is 267. The molecular formula is C13H18. The van der Waals surface area contributed by atoms with Crippen molar-refractivity contribution < 1.29 is 0 Å². The van der Waals surface area contributed by atoms with E-state index in [4.69, 9.17) is 0 Å². The van der Waals surface area contributed by atoms with Crippen LogP contribution in [0.15, 0.2) is 30.3 Å². The zero-order chi connectivity index (χ0) is 9.68. The fourth-order valence-electron chi connectivity index (χ4n) is 1.09. The normalized spacial score (nSPS) is 13.5. The van der Waals surface area contributed by atoms with Crippen molar-refractivity contribution in [2.45, 2.75) is 27.2 Å². The minimum absolute atomic E-state index is 0.682. The molecule has 0 amide bonds. The van der Waals surface area contributed by atoms with Gasteiger partial charge in [-0.1, -0.05) is 62.2 Å². The molecule has 1 aromatic carbocycles. The largest absolute Gasteiger partial charge is 0.0811 e. The number of benzene rings is 1. The summed E-state index contributed by atoms with van der Waals surface area (Å²) in [6.45, 7) is 6.57. The van der Waals surface area contributed by atoms with E-state index in [2.05, 4.69) is 57.2 Å². The summed E-state index contributed by atoms with van der Waals surface area (Å²) in [4.78, 5) is 0. The third kappa shape index (κ3) is 3.45. The summed E-state index contributed by atoms with van der Waals surface area (Å²) in [7, 11) is 0. The zero-order valence-electron chi connectivity index (χ0n) is 8.75. The van der Waals surface area contributed by atoms with Gasteiger partial charge in [-0.2, -0.15) is 0 Å². The third-order valence-corrected chi connectivity index (χ3v) is 2.34. The van der Waals surface area contributed by atoms with Gasteiger partial charge in [0.15, 0.2) is 0 Å². The molecule has 0 nitrogen and oxygen atoms in total. The van der Waals surface area contributed by atoms with Crippen molar-refractivity contribution in [2.75, 3.05) is 0 Å². The van der Waals surface area contributed by atoms with Gasteiger partial charge in [-0.15, -0.1) is 0 Å². The van der Waals surface area contributed by atoms with Gasteiger partial charge in [0.25, 0.3) is 0 Å². The fraction of sp³-hybridized carbons (Fsp3) is 0.385. The molecular weight excluding hydrogens is 156 g/mol. The smallest absolute Gasteiger partial charge is 0.0260 e. The van der Waals surface area contributed by atoms with E-state index in [-0.39, 0.29) is 0 Å². The molecule has 0 aliphatic carbocycles. The van der Waals surface area contributed by atoms with E-state index in [1.165, 1.54) is 17.5 Å². The van der Waals surface area contributed by atoms with Crippen molar-refractivity contribution in [3.05, 3.63) is 41.5 Å². The minimum Gasteiger partial charge on any atom is -0.0811 e. The van der Waals surface area contributed by atoms with Crippen LogP contribution in [0.25, 0.3) is 6.08 Å². The van der Waals surface area contributed by atoms with Crippen LogP contribution in [0.2, 0.25) is 0 Å². The van der Waals surface area contributed by atoms with Crippen molar-refractivity contribution >= 4 is 6.08 Å². The highest BCUT2D eigenvalue weighted by molar-refractivity contribution is 5.49. The number of hydrogen-bond acceptors (Lipinski definition) is 0. The molecule has 1 unspecified atom stereocenters. The van der Waals surface area contributed by atoms with Gasteiger partial charge < -0.3 is 0 Å². The van der Waals surface area contributed by atoms with E-state index in [1.54, 1.807) is 0 Å². The Balaban J connectivity index is 2.64. The first-order valence-corrected chi connectivity index (χ1v) is 4.97. The molecule has 13 heavy (non-hydrogen) atoms. The van der Waals surface area contributed by atoms with Crippen LogP contribution in [0.3, 0.4) is 0 Å². The summed E-state index contributed by atoms with van der Waals surface area (Å²) >= 11 is 0. The molecule has 70 valence electrons. The second-order valence-electron chi connectivity index (χ2n) is 3.66. The standard InChI is InChI=1S/C13H18/c1-4-11(2)5-8-13-9-6-12(3)7-10-13/h5-11H,4H2,1-3H3/b8-5+. The molecule has 0 heterocycles. The lowest BCUT2D eigenvalue weighted by atomic mass is 10.1. The molecule has 0 aliphatic rings. The highest BCUT2D eigenvalue weighted by Gasteiger charge is 1.91. The van der Waals surface area contributed by atoms with Crippen molar-refractivity contribution in [3.8, 4) is 0 Å². The van der Waals surface area contributed by atoms with Gasteiger partial charge in [-0.3, -0.25) is 0 Å². The average Bonchev–Trinajstić information content (AvgIpc) is 2.16. The predicted molar refractivity (Wildman–Crippen MR) is 59.7 cm³/mol. The summed E-state index contributed by atoms with van der Waals surface area (Å²) in [6, 6.07) is 8.62. The number of aryl methyl sites for hydroxylation is 1. The molecule has 1 aromatic rings. The maximum atomic E-state index is 2.27. The van der Waals surface area contributed by atoms with Gasteiger partial charge in [-0.25, -0.2) is 0 Å². The van der Waals surface area contributed by atoms with Gasteiger partial charge >= 0.3 is 0 Å². The first-order valence-electron chi connectivity index (χ1n) is 4.97. The lowest BCUT2D eigenvalue weighted by Crippen LogP contribution is -1.83. The maximum Gasteiger partial charge on any atom is -0.0260 e. The monoisotopic (exact) mass is 174 g/mol. The van der Waals surface area contributed by atoms with Gasteiger partial charge in [0.2, 0.25) is 0 Å². The van der Waals surface area contributed by atoms with Crippen LogP contribution < -0.4 is 0 Å². The molecule has 0 aliphatic heterocycles. The van der Waals surface area contributed by atoms with Crippen molar-refractivity contribution in [3.63, 3.8) is 0 Å². The van der Waals surface area contributed by atoms with E-state index in [0.717, 1.165) is 0 Å². The van der Waals surface area contributed by atoms with Crippen LogP contribution in [0.1, 0.15) is 31.4 Å². The highest BCUT2D eigenvalue weighted by Crippen LogP contribution is 2.09. The summed E-state index contributed by atoms with van der Waals surface area (Å²) in [5.41, 5.74) is 2.62. The molecule has 0 aromatic heterocycles. The van der Waals surface area contributed by atoms with Crippen LogP contribution in [0.4, 0.5) is 0 Å². The van der Waals surface area contributed by atoms with E-state index < -0.39 is 0 Å². The topological polar surface area (TPSA) is 0 Å². The van der Waals surface area contributed by atoms with E-state index in [0.29, 0.717) is 5.92 Å². The zero-order valence-corrected chi connectivity index (χ0v) is 8.75. The molecule has 0 bridgehead atoms. The lowest BCUT2D eigenvalue weighted by molar-refractivity contribution is 0.701. The van der Waals surface area contributed by atoms with E-state index in [9.17, 15) is 0 Å². The van der Waals surface area contributed by atoms with Crippen molar-refractivity contribution in [1.29, 1.82) is 0 Å². The molecule has 0 saturated carbocycles. The van der Waals surface area contributed by atoms with Crippen molar-refractivity contribution in [1.82, 2.24) is 0 Å². The summed E-state index contributed by atoms with van der Waals surface area (Å²) in [6.07, 6.45) is 5.68. The number of allylic oxidation sites excluding steroid dienone is 1. The Kier molecular flexibility index (Phi) is 3.75. The van der Waals surface area contributed by atoms with Crippen LogP contribution in [0, 0.1) is 12.8 Å². The van der Waals surface area contributed by atoms with Gasteiger partial charge in [0, 0.05) is 0 Å². The van der Waals surface area contributed by atoms with Gasteiger partial charge in [0.1, 0.15) is 0 Å². The summed E-state index contributed by atoms with van der Waals surface area (Å²) < 4.78 is 0. The molecule has 1 atom stereocenters. The van der Waals surface area contributed by atoms with Crippen LogP contribution >= 0.6 is 0 Å². The summed E-state index contributed by atoms with van der Waals surface area (Å²) in [5, 5.41) is 0. The molecule has 0 N–H and O–H groups in total. The quantitative estimate of drug-likeness (QED) is 0.648. The molecule has 0 fully saturated rings. The highest BCUT2D eigenvalue weighted by atomic mass is 14.0. The molecule has 0 spiro atoms. The predicted octanol–water partition coefficient (Wildman–Crippen LogP) is 4.05. The van der Waals surface area contributed by atoms with E-state index in [1.807, 2.05) is 0 Å². The average molecular weight is 174 g/mol. The fourth-order valence-corrected chi connectivity index (χ4v) is 1.09. The van der Waals surface area contributed by atoms with Crippen LogP contribution in [-0.2, 0) is 0 Å². The van der Waals surface area contributed by atoms with Crippen molar-refractivity contribution in [2.24, 2.45) is 5.92 Å². The first kappa shape index (κ1) is 10.0. The second-order valence-corrected chi connectivity index (χ2v) is 3.66. The Labute approximate surface area is 81.3 Å². The summed E-state index contributed by atoms with van der Waals surface area (Å²) in [5.74, 6) is 0.682. The Morgan fingerprint density at radius 1 is 1.23 bits per heavy atom. The SMILES string of the molecule is CCC(C)/C=C/c1ccc(C)cc1. The van der Waals surface area contributed by atoms with Gasteiger partial charge in [0.05, 0.1) is 0 Å². The van der Waals surface area contributed by atoms with Crippen LogP contribution in [-0.4, -0.2) is 0 Å². The second kappa shape index (κ2) is 4.86. The molecule has 0 radical (unpaired) electrons. The van der Waals surface area contributed by atoms with E-state index >= 15 is 0 Å².